The molecule has 0 aromatic rings. The molecule has 0 heterocycles. The first-order chi connectivity index (χ1) is 5.99. The molecule has 0 aliphatic carbocycles. The minimum atomic E-state index is 0.494. The van der Waals surface area contributed by atoms with E-state index in [0.29, 0.717) is 5.41 Å². The second-order valence-corrected chi connectivity index (χ2v) is 5.17. The van der Waals surface area contributed by atoms with Crippen molar-refractivity contribution in [1.29, 1.82) is 0 Å². The summed E-state index contributed by atoms with van der Waals surface area (Å²) in [5.41, 5.74) is 0.494. The Morgan fingerprint density at radius 1 is 1.15 bits per heavy atom. The molecule has 0 rings (SSSR count). The van der Waals surface area contributed by atoms with Gasteiger partial charge in [-0.15, -0.1) is 0 Å². The fourth-order valence-electron chi connectivity index (χ4n) is 1.60. The molecule has 0 amide bonds. The summed E-state index contributed by atoms with van der Waals surface area (Å²) in [7, 11) is 0. The zero-order valence-electron chi connectivity index (χ0n) is 10.1. The van der Waals surface area contributed by atoms with Gasteiger partial charge in [0.05, 0.1) is 0 Å². The fourth-order valence-corrected chi connectivity index (χ4v) is 1.60. The van der Waals surface area contributed by atoms with Crippen molar-refractivity contribution in [3.8, 4) is 0 Å². The Morgan fingerprint density at radius 2 is 1.77 bits per heavy atom. The van der Waals surface area contributed by atoms with Crippen molar-refractivity contribution >= 4 is 0 Å². The van der Waals surface area contributed by atoms with E-state index in [0.717, 1.165) is 5.92 Å². The Hall–Kier alpha value is -0.260. The van der Waals surface area contributed by atoms with E-state index in [-0.39, 0.29) is 0 Å². The van der Waals surface area contributed by atoms with Crippen molar-refractivity contribution in [3.63, 3.8) is 0 Å². The molecule has 1 atom stereocenters. The van der Waals surface area contributed by atoms with Gasteiger partial charge in [-0.05, 0) is 37.5 Å². The molecule has 78 valence electrons. The van der Waals surface area contributed by atoms with Gasteiger partial charge in [0.1, 0.15) is 0 Å². The molecule has 0 bridgehead atoms. The van der Waals surface area contributed by atoms with Crippen LogP contribution in [0.4, 0.5) is 0 Å². The van der Waals surface area contributed by atoms with Crippen molar-refractivity contribution in [3.05, 3.63) is 12.2 Å². The third-order valence-corrected chi connectivity index (χ3v) is 2.39. The largest absolute Gasteiger partial charge is 0.0914 e. The maximum atomic E-state index is 2.37. The maximum Gasteiger partial charge on any atom is -0.0234 e. The van der Waals surface area contributed by atoms with E-state index in [1.807, 2.05) is 0 Å². The minimum Gasteiger partial charge on any atom is -0.0914 e. The molecule has 1 unspecified atom stereocenters. The number of allylic oxidation sites excluding steroid dienone is 2. The molecule has 0 aromatic heterocycles. The van der Waals surface area contributed by atoms with Crippen LogP contribution in [0.15, 0.2) is 12.2 Å². The van der Waals surface area contributed by atoms with Crippen LogP contribution in [0.1, 0.15) is 60.3 Å². The van der Waals surface area contributed by atoms with Crippen LogP contribution in [0.25, 0.3) is 0 Å². The lowest BCUT2D eigenvalue weighted by molar-refractivity contribution is 0.334. The summed E-state index contributed by atoms with van der Waals surface area (Å²) >= 11 is 0. The normalized spacial score (nSPS) is 15.2. The number of hydrogen-bond donors (Lipinski definition) is 0. The topological polar surface area (TPSA) is 0 Å². The fraction of sp³-hybridized carbons (Fsp3) is 0.846. The first-order valence-electron chi connectivity index (χ1n) is 5.62. The monoisotopic (exact) mass is 182 g/mol. The summed E-state index contributed by atoms with van der Waals surface area (Å²) in [5.74, 6) is 0.814. The summed E-state index contributed by atoms with van der Waals surface area (Å²) < 4.78 is 0. The summed E-state index contributed by atoms with van der Waals surface area (Å²) in [6.45, 7) is 11.4. The second kappa shape index (κ2) is 6.23. The van der Waals surface area contributed by atoms with Crippen LogP contribution in [-0.4, -0.2) is 0 Å². The predicted octanol–water partition coefficient (Wildman–Crippen LogP) is 4.81. The predicted molar refractivity (Wildman–Crippen MR) is 61.9 cm³/mol. The third-order valence-electron chi connectivity index (χ3n) is 2.39. The standard InChI is InChI=1S/C13H26/c1-6-8-12(9-7-2)10-11-13(3,4)5/h6,8,12H,7,9-11H2,1-5H3/b8-6-. The van der Waals surface area contributed by atoms with Crippen LogP contribution >= 0.6 is 0 Å². The van der Waals surface area contributed by atoms with E-state index < -0.39 is 0 Å². The van der Waals surface area contributed by atoms with Crippen LogP contribution in [0.5, 0.6) is 0 Å². The average Bonchev–Trinajstić information content (AvgIpc) is 2.00. The zero-order chi connectivity index (χ0) is 10.3. The first-order valence-corrected chi connectivity index (χ1v) is 5.62. The molecule has 0 saturated heterocycles. The van der Waals surface area contributed by atoms with E-state index in [4.69, 9.17) is 0 Å². The molecule has 0 aromatic carbocycles. The van der Waals surface area contributed by atoms with Crippen molar-refractivity contribution in [2.45, 2.75) is 60.3 Å². The van der Waals surface area contributed by atoms with E-state index in [1.54, 1.807) is 0 Å². The van der Waals surface area contributed by atoms with Gasteiger partial charge in [0.25, 0.3) is 0 Å². The minimum absolute atomic E-state index is 0.494. The summed E-state index contributed by atoms with van der Waals surface area (Å²) in [5, 5.41) is 0. The average molecular weight is 182 g/mol. The Balaban J connectivity index is 3.82. The van der Waals surface area contributed by atoms with Gasteiger partial charge in [-0.25, -0.2) is 0 Å². The molecule has 0 spiro atoms. The number of rotatable bonds is 5. The van der Waals surface area contributed by atoms with Crippen LogP contribution in [0, 0.1) is 11.3 Å². The maximum absolute atomic E-state index is 2.37. The molecule has 0 saturated carbocycles. The van der Waals surface area contributed by atoms with E-state index >= 15 is 0 Å². The molecule has 0 aliphatic heterocycles. The van der Waals surface area contributed by atoms with Crippen molar-refractivity contribution in [2.24, 2.45) is 11.3 Å². The highest BCUT2D eigenvalue weighted by Gasteiger charge is 2.12. The van der Waals surface area contributed by atoms with E-state index in [1.165, 1.54) is 25.7 Å². The van der Waals surface area contributed by atoms with Gasteiger partial charge in [0.15, 0.2) is 0 Å². The summed E-state index contributed by atoms with van der Waals surface area (Å²) in [4.78, 5) is 0. The molecule has 0 aliphatic rings. The van der Waals surface area contributed by atoms with Gasteiger partial charge in [-0.1, -0.05) is 46.3 Å². The zero-order valence-corrected chi connectivity index (χ0v) is 10.1. The lowest BCUT2D eigenvalue weighted by atomic mass is 9.85. The van der Waals surface area contributed by atoms with E-state index in [2.05, 4.69) is 46.8 Å². The molecular formula is C13H26. The highest BCUT2D eigenvalue weighted by Crippen LogP contribution is 2.26. The van der Waals surface area contributed by atoms with Crippen molar-refractivity contribution in [1.82, 2.24) is 0 Å². The Kier molecular flexibility index (Phi) is 6.11. The smallest absolute Gasteiger partial charge is 0.0234 e. The lowest BCUT2D eigenvalue weighted by Crippen LogP contribution is -2.08. The molecule has 0 nitrogen and oxygen atoms in total. The Bertz CT molecular complexity index is 137. The molecule has 0 radical (unpaired) electrons. The highest BCUT2D eigenvalue weighted by atomic mass is 14.2. The van der Waals surface area contributed by atoms with Crippen molar-refractivity contribution < 1.29 is 0 Å². The van der Waals surface area contributed by atoms with Gasteiger partial charge in [0, 0.05) is 0 Å². The quantitative estimate of drug-likeness (QED) is 0.535. The van der Waals surface area contributed by atoms with E-state index in [9.17, 15) is 0 Å². The third kappa shape index (κ3) is 8.08. The van der Waals surface area contributed by atoms with Crippen molar-refractivity contribution in [2.75, 3.05) is 0 Å². The van der Waals surface area contributed by atoms with Crippen LogP contribution in [0.2, 0.25) is 0 Å². The Labute approximate surface area is 84.4 Å². The molecule has 0 heteroatoms. The van der Waals surface area contributed by atoms with Crippen LogP contribution in [0.3, 0.4) is 0 Å². The lowest BCUT2D eigenvalue weighted by Gasteiger charge is -2.21. The summed E-state index contributed by atoms with van der Waals surface area (Å²) in [6, 6.07) is 0. The van der Waals surface area contributed by atoms with Gasteiger partial charge in [-0.3, -0.25) is 0 Å². The Morgan fingerprint density at radius 3 is 2.15 bits per heavy atom. The first kappa shape index (κ1) is 12.7. The second-order valence-electron chi connectivity index (χ2n) is 5.17. The molecule has 0 fully saturated rings. The van der Waals surface area contributed by atoms with Crippen LogP contribution in [-0.2, 0) is 0 Å². The van der Waals surface area contributed by atoms with Gasteiger partial charge < -0.3 is 0 Å². The van der Waals surface area contributed by atoms with Gasteiger partial charge >= 0.3 is 0 Å². The van der Waals surface area contributed by atoms with Crippen LogP contribution < -0.4 is 0 Å². The molecular weight excluding hydrogens is 156 g/mol. The number of hydrogen-bond acceptors (Lipinski definition) is 0. The summed E-state index contributed by atoms with van der Waals surface area (Å²) in [6.07, 6.45) is 9.90. The SMILES string of the molecule is C/C=C\C(CCC)CCC(C)(C)C. The highest BCUT2D eigenvalue weighted by molar-refractivity contribution is 4.86. The molecule has 13 heavy (non-hydrogen) atoms. The van der Waals surface area contributed by atoms with Gasteiger partial charge in [0.2, 0.25) is 0 Å². The van der Waals surface area contributed by atoms with Gasteiger partial charge in [-0.2, -0.15) is 0 Å². The molecule has 0 N–H and O–H groups in total.